The molecular formula is C35H39N5O2. The lowest BCUT2D eigenvalue weighted by molar-refractivity contribution is 0.0951. The lowest BCUT2D eigenvalue weighted by Gasteiger charge is -2.32. The summed E-state index contributed by atoms with van der Waals surface area (Å²) in [5.74, 6) is 0.301. The predicted molar refractivity (Wildman–Crippen MR) is 170 cm³/mol. The van der Waals surface area contributed by atoms with E-state index in [4.69, 9.17) is 0 Å². The number of hydrogen-bond donors (Lipinski definition) is 3. The fourth-order valence-electron chi connectivity index (χ4n) is 5.52. The van der Waals surface area contributed by atoms with Gasteiger partial charge < -0.3 is 20.9 Å². The number of aromatic nitrogens is 1. The summed E-state index contributed by atoms with van der Waals surface area (Å²) in [4.78, 5) is 33.3. The summed E-state index contributed by atoms with van der Waals surface area (Å²) in [5, 5.41) is 9.13. The normalized spacial score (nSPS) is 12.7. The zero-order valence-electron chi connectivity index (χ0n) is 24.8. The third kappa shape index (κ3) is 6.62. The number of nitrogens with zero attached hydrogens (tertiary/aromatic N) is 2. The van der Waals surface area contributed by atoms with Gasteiger partial charge in [0.05, 0.1) is 5.56 Å². The van der Waals surface area contributed by atoms with Crippen LogP contribution in [0.25, 0.3) is 0 Å². The average molecular weight is 562 g/mol. The van der Waals surface area contributed by atoms with Gasteiger partial charge in [0.25, 0.3) is 5.91 Å². The van der Waals surface area contributed by atoms with E-state index in [9.17, 15) is 9.59 Å². The highest BCUT2D eigenvalue weighted by Gasteiger charge is 2.23. The molecule has 0 atom stereocenters. The Morgan fingerprint density at radius 2 is 1.60 bits per heavy atom. The summed E-state index contributed by atoms with van der Waals surface area (Å²) in [6.45, 7) is 10.4. The summed E-state index contributed by atoms with van der Waals surface area (Å²) in [5.41, 5.74) is 8.45. The Morgan fingerprint density at radius 3 is 2.29 bits per heavy atom. The molecule has 0 radical (unpaired) electrons. The number of benzene rings is 3. The fourth-order valence-corrected chi connectivity index (χ4v) is 5.52. The lowest BCUT2D eigenvalue weighted by atomic mass is 9.93. The molecule has 7 nitrogen and oxygen atoms in total. The second kappa shape index (κ2) is 12.9. The maximum Gasteiger partial charge on any atom is 0.323 e. The molecule has 0 aliphatic carbocycles. The maximum atomic E-state index is 13.6. The van der Waals surface area contributed by atoms with Gasteiger partial charge in [-0.25, -0.2) is 4.79 Å². The zero-order chi connectivity index (χ0) is 29.6. The van der Waals surface area contributed by atoms with Gasteiger partial charge in [-0.2, -0.15) is 0 Å². The van der Waals surface area contributed by atoms with E-state index in [0.29, 0.717) is 17.8 Å². The third-order valence-electron chi connectivity index (χ3n) is 7.76. The molecule has 0 bridgehead atoms. The van der Waals surface area contributed by atoms with Gasteiger partial charge in [-0.05, 0) is 70.3 Å². The molecule has 42 heavy (non-hydrogen) atoms. The van der Waals surface area contributed by atoms with E-state index in [1.54, 1.807) is 18.5 Å². The number of para-hydroxylation sites is 1. The molecule has 2 heterocycles. The molecule has 7 heteroatoms. The van der Waals surface area contributed by atoms with Crippen LogP contribution in [-0.4, -0.2) is 23.5 Å². The second-order valence-electron chi connectivity index (χ2n) is 11.4. The van der Waals surface area contributed by atoms with Crippen molar-refractivity contribution in [2.75, 3.05) is 22.1 Å². The number of fused-ring (bicyclic) bond motifs is 1. The quantitative estimate of drug-likeness (QED) is 0.208. The topological polar surface area (TPSA) is 86.4 Å². The molecule has 0 unspecified atom stereocenters. The van der Waals surface area contributed by atoms with Crippen LogP contribution in [0.3, 0.4) is 0 Å². The van der Waals surface area contributed by atoms with Gasteiger partial charge in [-0.1, -0.05) is 76.2 Å². The van der Waals surface area contributed by atoms with Gasteiger partial charge in [0.15, 0.2) is 0 Å². The van der Waals surface area contributed by atoms with Crippen molar-refractivity contribution in [3.63, 3.8) is 0 Å². The Hall–Kier alpha value is -4.65. The number of anilines is 3. The molecule has 3 N–H and O–H groups in total. The van der Waals surface area contributed by atoms with Gasteiger partial charge >= 0.3 is 6.03 Å². The van der Waals surface area contributed by atoms with Crippen LogP contribution in [-0.2, 0) is 19.5 Å². The van der Waals surface area contributed by atoms with E-state index in [-0.39, 0.29) is 23.8 Å². The number of carbonyl (C=O) groups is 2. The van der Waals surface area contributed by atoms with Crippen molar-refractivity contribution in [1.82, 2.24) is 10.3 Å². The number of pyridine rings is 1. The molecule has 1 aliphatic rings. The van der Waals surface area contributed by atoms with Crippen LogP contribution in [0.1, 0.15) is 77.7 Å². The Kier molecular flexibility index (Phi) is 8.86. The first-order valence-electron chi connectivity index (χ1n) is 14.6. The van der Waals surface area contributed by atoms with E-state index >= 15 is 0 Å². The highest BCUT2D eigenvalue weighted by atomic mass is 16.2. The smallest absolute Gasteiger partial charge is 0.323 e. The minimum Gasteiger partial charge on any atom is -0.366 e. The van der Waals surface area contributed by atoms with Crippen molar-refractivity contribution >= 4 is 29.0 Å². The Morgan fingerprint density at radius 1 is 0.857 bits per heavy atom. The lowest BCUT2D eigenvalue weighted by Crippen LogP contribution is -2.33. The van der Waals surface area contributed by atoms with E-state index in [1.165, 1.54) is 11.1 Å². The summed E-state index contributed by atoms with van der Waals surface area (Å²) in [6, 6.07) is 23.6. The standard InChI is InChI=1S/C35H39N5O2/c1-23(2)29-12-7-13-30(24(3)4)33(29)39-35(42)38-28-14-15-32(40-18-16-26-10-5-6-11-27(26)22-40)31(19-28)34(41)37-21-25-9-8-17-36-20-25/h5-15,17,19-20,23-24H,16,18,21-22H2,1-4H3,(H,37,41)(H2,38,39,42). The third-order valence-corrected chi connectivity index (χ3v) is 7.76. The van der Waals surface area contributed by atoms with Crippen LogP contribution >= 0.6 is 0 Å². The van der Waals surface area contributed by atoms with Gasteiger partial charge in [0.2, 0.25) is 0 Å². The fraction of sp³-hybridized carbons (Fsp3) is 0.286. The predicted octanol–water partition coefficient (Wildman–Crippen LogP) is 7.47. The molecule has 5 rings (SSSR count). The summed E-state index contributed by atoms with van der Waals surface area (Å²) >= 11 is 0. The number of nitrogens with one attached hydrogen (secondary N) is 3. The van der Waals surface area contributed by atoms with E-state index < -0.39 is 0 Å². The Labute approximate surface area is 248 Å². The largest absolute Gasteiger partial charge is 0.366 e. The number of urea groups is 1. The van der Waals surface area contributed by atoms with E-state index in [1.807, 2.05) is 30.3 Å². The maximum absolute atomic E-state index is 13.6. The minimum absolute atomic E-state index is 0.205. The van der Waals surface area contributed by atoms with Gasteiger partial charge in [0.1, 0.15) is 0 Å². The molecule has 0 spiro atoms. The highest BCUT2D eigenvalue weighted by molar-refractivity contribution is 6.04. The molecule has 0 fully saturated rings. The summed E-state index contributed by atoms with van der Waals surface area (Å²) < 4.78 is 0. The SMILES string of the molecule is CC(C)c1cccc(C(C)C)c1NC(=O)Nc1ccc(N2CCc3ccccc3C2)c(C(=O)NCc2cccnc2)c1. The van der Waals surface area contributed by atoms with Crippen LogP contribution < -0.4 is 20.9 Å². The Balaban J connectivity index is 1.41. The number of rotatable bonds is 8. The van der Waals surface area contributed by atoms with Crippen LogP contribution in [0, 0.1) is 0 Å². The van der Waals surface area contributed by atoms with E-state index in [2.05, 4.69) is 89.9 Å². The molecule has 3 aromatic carbocycles. The average Bonchev–Trinajstić information content (AvgIpc) is 3.00. The molecule has 216 valence electrons. The van der Waals surface area contributed by atoms with Crippen molar-refractivity contribution in [2.45, 2.75) is 59.0 Å². The first kappa shape index (κ1) is 28.9. The molecule has 4 aromatic rings. The van der Waals surface area contributed by atoms with Crippen LogP contribution in [0.2, 0.25) is 0 Å². The molecular weight excluding hydrogens is 522 g/mol. The van der Waals surface area contributed by atoms with Gasteiger partial charge in [-0.3, -0.25) is 9.78 Å². The van der Waals surface area contributed by atoms with Gasteiger partial charge in [-0.15, -0.1) is 0 Å². The molecule has 1 aliphatic heterocycles. The van der Waals surface area contributed by atoms with Crippen molar-refractivity contribution in [1.29, 1.82) is 0 Å². The Bertz CT molecular complexity index is 1540. The monoisotopic (exact) mass is 561 g/mol. The highest BCUT2D eigenvalue weighted by Crippen LogP contribution is 2.33. The summed E-state index contributed by atoms with van der Waals surface area (Å²) in [6.07, 6.45) is 4.36. The second-order valence-corrected chi connectivity index (χ2v) is 11.4. The number of amides is 3. The summed E-state index contributed by atoms with van der Waals surface area (Å²) in [7, 11) is 0. The first-order valence-corrected chi connectivity index (χ1v) is 14.6. The van der Waals surface area contributed by atoms with Crippen LogP contribution in [0.5, 0.6) is 0 Å². The molecule has 0 saturated carbocycles. The first-order chi connectivity index (χ1) is 20.3. The van der Waals surface area contributed by atoms with E-state index in [0.717, 1.165) is 47.6 Å². The van der Waals surface area contributed by atoms with Crippen LogP contribution in [0.15, 0.2) is 85.2 Å². The molecule has 0 saturated heterocycles. The van der Waals surface area contributed by atoms with Crippen LogP contribution in [0.4, 0.5) is 21.9 Å². The number of hydrogen-bond acceptors (Lipinski definition) is 4. The zero-order valence-corrected chi connectivity index (χ0v) is 24.8. The van der Waals surface area contributed by atoms with Crippen molar-refractivity contribution < 1.29 is 9.59 Å². The van der Waals surface area contributed by atoms with Crippen molar-refractivity contribution in [2.24, 2.45) is 0 Å². The van der Waals surface area contributed by atoms with Gasteiger partial charge in [0, 0.05) is 49.1 Å². The number of carbonyl (C=O) groups excluding carboxylic acids is 2. The molecule has 1 aromatic heterocycles. The minimum atomic E-state index is -0.341. The molecule has 3 amide bonds. The van der Waals surface area contributed by atoms with Crippen molar-refractivity contribution in [3.8, 4) is 0 Å². The van der Waals surface area contributed by atoms with Crippen molar-refractivity contribution in [3.05, 3.63) is 119 Å².